The average molecular weight is 406 g/mol. The Kier molecular flexibility index (Phi) is 5.40. The first-order valence-corrected chi connectivity index (χ1v) is 9.42. The van der Waals surface area contributed by atoms with E-state index in [1.165, 1.54) is 0 Å². The number of anilines is 2. The van der Waals surface area contributed by atoms with Crippen LogP contribution in [0.4, 0.5) is 11.4 Å². The quantitative estimate of drug-likeness (QED) is 0.575. The van der Waals surface area contributed by atoms with Crippen molar-refractivity contribution in [3.05, 3.63) is 60.2 Å². The first-order chi connectivity index (χ1) is 14.6. The summed E-state index contributed by atoms with van der Waals surface area (Å²) in [5.74, 6) is 0.797. The van der Waals surface area contributed by atoms with Crippen LogP contribution in [0.5, 0.6) is 17.4 Å². The predicted octanol–water partition coefficient (Wildman–Crippen LogP) is 2.58. The van der Waals surface area contributed by atoms with E-state index in [0.29, 0.717) is 40.9 Å². The number of carbonyl (C=O) groups is 1. The van der Waals surface area contributed by atoms with Gasteiger partial charge in [-0.1, -0.05) is 18.2 Å². The maximum Gasteiger partial charge on any atom is 0.262 e. The highest BCUT2D eigenvalue weighted by Crippen LogP contribution is 2.41. The molecule has 1 aromatic heterocycles. The van der Waals surface area contributed by atoms with Crippen molar-refractivity contribution in [3.8, 4) is 28.6 Å². The van der Waals surface area contributed by atoms with Crippen molar-refractivity contribution in [2.24, 2.45) is 11.5 Å². The number of amides is 1. The summed E-state index contributed by atoms with van der Waals surface area (Å²) in [7, 11) is 1.55. The standard InChI is InChI=1S/C22H22N4O4/c1-28-22-17(25-14-7-5-13(11-23)6-8-14)10-9-16(26-22)15-3-2-4-18-20(15)30-19(12-29-18)21(24)27/h2-10,19,25H,11-12,23H2,1H3,(H2,24,27). The molecule has 0 saturated carbocycles. The summed E-state index contributed by atoms with van der Waals surface area (Å²) >= 11 is 0. The van der Waals surface area contributed by atoms with E-state index >= 15 is 0 Å². The van der Waals surface area contributed by atoms with Crippen LogP contribution in [0.25, 0.3) is 11.3 Å². The molecule has 30 heavy (non-hydrogen) atoms. The maximum absolute atomic E-state index is 11.5. The molecule has 8 nitrogen and oxygen atoms in total. The molecule has 4 rings (SSSR count). The normalized spacial score (nSPS) is 14.8. The Balaban J connectivity index is 1.66. The number of benzene rings is 2. The van der Waals surface area contributed by atoms with E-state index in [-0.39, 0.29) is 6.61 Å². The average Bonchev–Trinajstić information content (AvgIpc) is 2.79. The molecule has 1 atom stereocenters. The molecule has 1 aliphatic rings. The summed E-state index contributed by atoms with van der Waals surface area (Å²) in [4.78, 5) is 16.2. The fraction of sp³-hybridized carbons (Fsp3) is 0.182. The second kappa shape index (κ2) is 8.30. The van der Waals surface area contributed by atoms with Crippen LogP contribution in [-0.4, -0.2) is 30.7 Å². The number of aromatic nitrogens is 1. The number of hydrogen-bond donors (Lipinski definition) is 3. The Hall–Kier alpha value is -3.78. The highest BCUT2D eigenvalue weighted by molar-refractivity contribution is 5.81. The number of rotatable bonds is 6. The SMILES string of the molecule is COc1nc(-c2cccc3c2OC(C(N)=O)CO3)ccc1Nc1ccc(CN)cc1. The van der Waals surface area contributed by atoms with Crippen molar-refractivity contribution in [2.75, 3.05) is 19.0 Å². The third-order valence-corrected chi connectivity index (χ3v) is 4.74. The molecular formula is C22H22N4O4. The van der Waals surface area contributed by atoms with Crippen LogP contribution in [0.2, 0.25) is 0 Å². The van der Waals surface area contributed by atoms with E-state index in [4.69, 9.17) is 25.7 Å². The van der Waals surface area contributed by atoms with Crippen molar-refractivity contribution >= 4 is 17.3 Å². The summed E-state index contributed by atoms with van der Waals surface area (Å²) in [5, 5.41) is 3.29. The molecular weight excluding hydrogens is 384 g/mol. The van der Waals surface area contributed by atoms with Gasteiger partial charge < -0.3 is 31.0 Å². The number of fused-ring (bicyclic) bond motifs is 1. The van der Waals surface area contributed by atoms with Crippen LogP contribution in [0.15, 0.2) is 54.6 Å². The maximum atomic E-state index is 11.5. The fourth-order valence-electron chi connectivity index (χ4n) is 3.16. The number of nitrogens with one attached hydrogen (secondary N) is 1. The summed E-state index contributed by atoms with van der Waals surface area (Å²) in [6, 6.07) is 17.0. The molecule has 1 aliphatic heterocycles. The van der Waals surface area contributed by atoms with Crippen LogP contribution >= 0.6 is 0 Å². The van der Waals surface area contributed by atoms with Crippen molar-refractivity contribution in [3.63, 3.8) is 0 Å². The van der Waals surface area contributed by atoms with Crippen molar-refractivity contribution in [1.29, 1.82) is 0 Å². The van der Waals surface area contributed by atoms with Gasteiger partial charge in [0.05, 0.1) is 12.8 Å². The Labute approximate surface area is 173 Å². The number of para-hydroxylation sites is 1. The zero-order chi connectivity index (χ0) is 21.1. The lowest BCUT2D eigenvalue weighted by molar-refractivity contribution is -0.126. The van der Waals surface area contributed by atoms with Gasteiger partial charge in [0.1, 0.15) is 12.3 Å². The molecule has 1 unspecified atom stereocenters. The van der Waals surface area contributed by atoms with E-state index in [9.17, 15) is 4.79 Å². The molecule has 2 heterocycles. The smallest absolute Gasteiger partial charge is 0.262 e. The Morgan fingerprint density at radius 3 is 2.70 bits per heavy atom. The number of hydrogen-bond acceptors (Lipinski definition) is 7. The topological polar surface area (TPSA) is 122 Å². The van der Waals surface area contributed by atoms with Crippen molar-refractivity contribution in [1.82, 2.24) is 4.98 Å². The summed E-state index contributed by atoms with van der Waals surface area (Å²) in [6.07, 6.45) is -0.849. The van der Waals surface area contributed by atoms with Gasteiger partial charge in [0.15, 0.2) is 11.5 Å². The van der Waals surface area contributed by atoms with Gasteiger partial charge in [-0.05, 0) is 42.0 Å². The predicted molar refractivity (Wildman–Crippen MR) is 113 cm³/mol. The summed E-state index contributed by atoms with van der Waals surface area (Å²) in [6.45, 7) is 0.567. The van der Waals surface area contributed by atoms with Gasteiger partial charge in [0, 0.05) is 17.8 Å². The minimum atomic E-state index is -0.849. The highest BCUT2D eigenvalue weighted by atomic mass is 16.6. The molecule has 0 spiro atoms. The molecule has 8 heteroatoms. The van der Waals surface area contributed by atoms with Gasteiger partial charge >= 0.3 is 0 Å². The number of nitrogens with zero attached hydrogens (tertiary/aromatic N) is 1. The van der Waals surface area contributed by atoms with Gasteiger partial charge in [-0.15, -0.1) is 0 Å². The molecule has 0 radical (unpaired) electrons. The van der Waals surface area contributed by atoms with E-state index in [2.05, 4.69) is 10.3 Å². The third kappa shape index (κ3) is 3.85. The van der Waals surface area contributed by atoms with Crippen LogP contribution in [0.1, 0.15) is 5.56 Å². The number of carbonyl (C=O) groups excluding carboxylic acids is 1. The van der Waals surface area contributed by atoms with Crippen molar-refractivity contribution in [2.45, 2.75) is 12.6 Å². The van der Waals surface area contributed by atoms with Gasteiger partial charge in [-0.25, -0.2) is 4.98 Å². The molecule has 5 N–H and O–H groups in total. The molecule has 2 aromatic carbocycles. The lowest BCUT2D eigenvalue weighted by atomic mass is 10.1. The Morgan fingerprint density at radius 2 is 2.00 bits per heavy atom. The lowest BCUT2D eigenvalue weighted by Crippen LogP contribution is -2.41. The molecule has 3 aromatic rings. The van der Waals surface area contributed by atoms with Crippen LogP contribution in [0, 0.1) is 0 Å². The molecule has 0 fully saturated rings. The molecule has 0 bridgehead atoms. The van der Waals surface area contributed by atoms with E-state index in [0.717, 1.165) is 11.3 Å². The number of methoxy groups -OCH3 is 1. The van der Waals surface area contributed by atoms with Crippen LogP contribution < -0.4 is 31.0 Å². The third-order valence-electron chi connectivity index (χ3n) is 4.74. The van der Waals surface area contributed by atoms with E-state index in [1.54, 1.807) is 13.2 Å². The molecule has 0 saturated heterocycles. The second-order valence-corrected chi connectivity index (χ2v) is 6.73. The van der Waals surface area contributed by atoms with Gasteiger partial charge in [0.25, 0.3) is 5.91 Å². The van der Waals surface area contributed by atoms with E-state index in [1.807, 2.05) is 48.5 Å². The number of pyridine rings is 1. The highest BCUT2D eigenvalue weighted by Gasteiger charge is 2.28. The van der Waals surface area contributed by atoms with Crippen LogP contribution in [-0.2, 0) is 11.3 Å². The molecule has 1 amide bonds. The lowest BCUT2D eigenvalue weighted by Gasteiger charge is -2.26. The largest absolute Gasteiger partial charge is 0.485 e. The van der Waals surface area contributed by atoms with Crippen LogP contribution in [0.3, 0.4) is 0 Å². The first kappa shape index (κ1) is 19.5. The fourth-order valence-corrected chi connectivity index (χ4v) is 3.16. The number of primary amides is 1. The zero-order valence-corrected chi connectivity index (χ0v) is 16.4. The minimum absolute atomic E-state index is 0.0777. The van der Waals surface area contributed by atoms with E-state index < -0.39 is 12.0 Å². The summed E-state index contributed by atoms with van der Waals surface area (Å²) in [5.41, 5.74) is 15.0. The number of ether oxygens (including phenoxy) is 3. The monoisotopic (exact) mass is 406 g/mol. The zero-order valence-electron chi connectivity index (χ0n) is 16.4. The van der Waals surface area contributed by atoms with Gasteiger partial charge in [0.2, 0.25) is 12.0 Å². The first-order valence-electron chi connectivity index (χ1n) is 9.42. The van der Waals surface area contributed by atoms with Gasteiger partial charge in [-0.2, -0.15) is 0 Å². The summed E-state index contributed by atoms with van der Waals surface area (Å²) < 4.78 is 16.9. The molecule has 154 valence electrons. The van der Waals surface area contributed by atoms with Gasteiger partial charge in [-0.3, -0.25) is 4.79 Å². The van der Waals surface area contributed by atoms with Crippen molar-refractivity contribution < 1.29 is 19.0 Å². The second-order valence-electron chi connectivity index (χ2n) is 6.73. The number of nitrogens with two attached hydrogens (primary N) is 2. The Morgan fingerprint density at radius 1 is 1.20 bits per heavy atom. The molecule has 0 aliphatic carbocycles. The minimum Gasteiger partial charge on any atom is -0.485 e. The Bertz CT molecular complexity index is 1070.